The van der Waals surface area contributed by atoms with Gasteiger partial charge in [-0.25, -0.2) is 0 Å². The van der Waals surface area contributed by atoms with Crippen LogP contribution in [0.4, 0.5) is 0 Å². The van der Waals surface area contributed by atoms with Crippen molar-refractivity contribution in [3.8, 4) is 0 Å². The number of thioether (sulfide) groups is 1. The predicted octanol–water partition coefficient (Wildman–Crippen LogP) is 3.56. The van der Waals surface area contributed by atoms with Crippen molar-refractivity contribution < 1.29 is 9.47 Å². The lowest BCUT2D eigenvalue weighted by Gasteiger charge is -2.19. The van der Waals surface area contributed by atoms with Gasteiger partial charge in [0.2, 0.25) is 0 Å². The maximum absolute atomic E-state index is 5.64. The zero-order valence-corrected chi connectivity index (χ0v) is 15.6. The molecule has 2 aliphatic rings. The number of rotatable bonds is 7. The van der Waals surface area contributed by atoms with Crippen LogP contribution in [-0.2, 0) is 9.47 Å². The molecule has 0 aromatic heterocycles. The molecule has 5 heteroatoms. The third-order valence-corrected chi connectivity index (χ3v) is 4.10. The van der Waals surface area contributed by atoms with Crippen molar-refractivity contribution in [2.45, 2.75) is 32.2 Å². The highest BCUT2D eigenvalue weighted by Crippen LogP contribution is 2.30. The van der Waals surface area contributed by atoms with E-state index in [0.717, 1.165) is 12.8 Å². The van der Waals surface area contributed by atoms with E-state index in [1.165, 1.54) is 22.4 Å². The summed E-state index contributed by atoms with van der Waals surface area (Å²) in [5.74, 6) is 0. The number of hydrogen-bond donors (Lipinski definition) is 2. The lowest BCUT2D eigenvalue weighted by Crippen LogP contribution is -2.33. The van der Waals surface area contributed by atoms with Crippen molar-refractivity contribution in [1.29, 1.82) is 0 Å². The first-order valence-electron chi connectivity index (χ1n) is 7.96. The van der Waals surface area contributed by atoms with Crippen molar-refractivity contribution in [2.75, 3.05) is 34.0 Å². The fourth-order valence-corrected chi connectivity index (χ4v) is 2.90. The van der Waals surface area contributed by atoms with Crippen molar-refractivity contribution in [3.05, 3.63) is 46.6 Å². The third kappa shape index (κ3) is 7.88. The van der Waals surface area contributed by atoms with Gasteiger partial charge in [-0.05, 0) is 50.3 Å². The van der Waals surface area contributed by atoms with E-state index in [-0.39, 0.29) is 5.50 Å². The average Bonchev–Trinajstić information content (AvgIpc) is 3.00. The monoisotopic (exact) mass is 338 g/mol. The molecule has 2 rings (SSSR count). The molecule has 1 aliphatic heterocycles. The molecule has 4 nitrogen and oxygen atoms in total. The Hall–Kier alpha value is -1.01. The Labute approximate surface area is 145 Å². The normalized spacial score (nSPS) is 19.8. The zero-order valence-electron chi connectivity index (χ0n) is 14.8. The molecule has 0 radical (unpaired) electrons. The first-order valence-corrected chi connectivity index (χ1v) is 8.91. The number of methoxy groups -OCH3 is 1. The number of hydrogen-bond acceptors (Lipinski definition) is 5. The average molecular weight is 339 g/mol. The second-order valence-corrected chi connectivity index (χ2v) is 6.64. The number of ether oxygens (including phenoxy) is 2. The largest absolute Gasteiger partial charge is 0.382 e. The standard InChI is InChI=1S/C14H22N2O2S.C4H8/c1-15-14-16-13(10-19-14)12-6-4-3-5-11(12)9-18-8-7-17-2;1-4(2)3/h5-6,10,14-16H,3-4,7-9H2,1-2H3;1H2,2-3H3. The van der Waals surface area contributed by atoms with Crippen molar-refractivity contribution in [2.24, 2.45) is 0 Å². The zero-order chi connectivity index (χ0) is 17.1. The van der Waals surface area contributed by atoms with Crippen LogP contribution >= 0.6 is 11.8 Å². The summed E-state index contributed by atoms with van der Waals surface area (Å²) in [5, 5.41) is 8.86. The highest BCUT2D eigenvalue weighted by Gasteiger charge is 2.20. The van der Waals surface area contributed by atoms with Crippen LogP contribution in [0.15, 0.2) is 46.6 Å². The van der Waals surface area contributed by atoms with Crippen molar-refractivity contribution in [1.82, 2.24) is 10.6 Å². The Balaban J connectivity index is 0.000000593. The molecule has 0 saturated carbocycles. The van der Waals surface area contributed by atoms with E-state index in [9.17, 15) is 0 Å². The molecule has 0 aromatic rings. The highest BCUT2D eigenvalue weighted by molar-refractivity contribution is 8.02. The minimum Gasteiger partial charge on any atom is -0.382 e. The second-order valence-electron chi connectivity index (χ2n) is 5.66. The second kappa shape index (κ2) is 11.5. The number of nitrogens with one attached hydrogen (secondary N) is 2. The van der Waals surface area contributed by atoms with Crippen LogP contribution in [-0.4, -0.2) is 39.5 Å². The van der Waals surface area contributed by atoms with E-state index in [0.29, 0.717) is 19.8 Å². The van der Waals surface area contributed by atoms with E-state index in [1.807, 2.05) is 20.9 Å². The van der Waals surface area contributed by atoms with Crippen LogP contribution in [0.25, 0.3) is 0 Å². The fourth-order valence-electron chi connectivity index (χ4n) is 2.10. The number of allylic oxidation sites excluding steroid dienone is 4. The van der Waals surface area contributed by atoms with Crippen molar-refractivity contribution >= 4 is 11.8 Å². The third-order valence-electron chi connectivity index (χ3n) is 3.10. The van der Waals surface area contributed by atoms with Gasteiger partial charge in [0.15, 0.2) is 0 Å². The van der Waals surface area contributed by atoms with Crippen LogP contribution < -0.4 is 10.6 Å². The fraction of sp³-hybridized carbons (Fsp3) is 0.556. The molecular weight excluding hydrogens is 308 g/mol. The van der Waals surface area contributed by atoms with Gasteiger partial charge in [-0.3, -0.25) is 5.32 Å². The minimum absolute atomic E-state index is 0.272. The van der Waals surface area contributed by atoms with Crippen LogP contribution in [0, 0.1) is 0 Å². The van der Waals surface area contributed by atoms with Crippen LogP contribution in [0.1, 0.15) is 26.7 Å². The van der Waals surface area contributed by atoms with E-state index < -0.39 is 0 Å². The molecule has 0 saturated heterocycles. The Kier molecular flexibility index (Phi) is 10.0. The Morgan fingerprint density at radius 3 is 2.65 bits per heavy atom. The summed E-state index contributed by atoms with van der Waals surface area (Å²) in [5.41, 5.74) is 5.20. The molecule has 130 valence electrons. The minimum atomic E-state index is 0.272. The SMILES string of the molecule is C=C(C)C.CNC1NC(C2=CCCC=C2COCCOC)=CS1. The van der Waals surface area contributed by atoms with Gasteiger partial charge in [0.05, 0.1) is 19.8 Å². The first kappa shape index (κ1) is 20.0. The quantitative estimate of drug-likeness (QED) is 0.549. The Bertz CT molecular complexity index is 466. The smallest absolute Gasteiger partial charge is 0.129 e. The molecule has 0 spiro atoms. The van der Waals surface area contributed by atoms with E-state index in [2.05, 4.69) is 34.8 Å². The molecule has 0 bridgehead atoms. The molecule has 2 N–H and O–H groups in total. The maximum atomic E-state index is 5.64. The Morgan fingerprint density at radius 2 is 2.04 bits per heavy atom. The lowest BCUT2D eigenvalue weighted by molar-refractivity contribution is 0.0827. The summed E-state index contributed by atoms with van der Waals surface area (Å²) in [6.07, 6.45) is 6.78. The van der Waals surface area contributed by atoms with Crippen molar-refractivity contribution in [3.63, 3.8) is 0 Å². The van der Waals surface area contributed by atoms with E-state index in [1.54, 1.807) is 18.9 Å². The molecule has 23 heavy (non-hydrogen) atoms. The first-order chi connectivity index (χ1) is 11.1. The highest BCUT2D eigenvalue weighted by atomic mass is 32.2. The molecule has 1 heterocycles. The van der Waals surface area contributed by atoms with Gasteiger partial charge in [-0.2, -0.15) is 0 Å². The van der Waals surface area contributed by atoms with E-state index in [4.69, 9.17) is 9.47 Å². The molecule has 1 aliphatic carbocycles. The van der Waals surface area contributed by atoms with Gasteiger partial charge < -0.3 is 14.8 Å². The summed E-state index contributed by atoms with van der Waals surface area (Å²) in [6, 6.07) is 0. The molecule has 1 unspecified atom stereocenters. The van der Waals surface area contributed by atoms with Crippen LogP contribution in [0.5, 0.6) is 0 Å². The van der Waals surface area contributed by atoms with Gasteiger partial charge in [-0.15, -0.1) is 6.58 Å². The molecule has 0 aromatic carbocycles. The Morgan fingerprint density at radius 1 is 1.35 bits per heavy atom. The molecule has 0 amide bonds. The van der Waals surface area contributed by atoms with E-state index >= 15 is 0 Å². The van der Waals surface area contributed by atoms with Gasteiger partial charge in [0.25, 0.3) is 0 Å². The van der Waals surface area contributed by atoms with Crippen LogP contribution in [0.2, 0.25) is 0 Å². The molecule has 0 fully saturated rings. The lowest BCUT2D eigenvalue weighted by atomic mass is 9.96. The molecule has 1 atom stereocenters. The van der Waals surface area contributed by atoms with Gasteiger partial charge in [-0.1, -0.05) is 29.5 Å². The molecular formula is C18H30N2O2S. The maximum Gasteiger partial charge on any atom is 0.129 e. The summed E-state index contributed by atoms with van der Waals surface area (Å²) in [4.78, 5) is 0. The summed E-state index contributed by atoms with van der Waals surface area (Å²) < 4.78 is 10.6. The predicted molar refractivity (Wildman–Crippen MR) is 100 cm³/mol. The van der Waals surface area contributed by atoms with Gasteiger partial charge >= 0.3 is 0 Å². The summed E-state index contributed by atoms with van der Waals surface area (Å²) in [7, 11) is 3.65. The summed E-state index contributed by atoms with van der Waals surface area (Å²) >= 11 is 1.76. The van der Waals surface area contributed by atoms with Crippen LogP contribution in [0.3, 0.4) is 0 Å². The van der Waals surface area contributed by atoms with Gasteiger partial charge in [0, 0.05) is 12.8 Å². The topological polar surface area (TPSA) is 42.5 Å². The van der Waals surface area contributed by atoms with Gasteiger partial charge in [0.1, 0.15) is 5.50 Å². The summed E-state index contributed by atoms with van der Waals surface area (Å²) in [6.45, 7) is 9.44.